The van der Waals surface area contributed by atoms with Gasteiger partial charge in [-0.25, -0.2) is 9.48 Å². The Morgan fingerprint density at radius 2 is 2.00 bits per heavy atom. The van der Waals surface area contributed by atoms with Crippen molar-refractivity contribution in [2.75, 3.05) is 5.32 Å². The lowest BCUT2D eigenvalue weighted by molar-refractivity contribution is -0.117. The van der Waals surface area contributed by atoms with Crippen LogP contribution < -0.4 is 5.32 Å². The number of nitrogens with one attached hydrogen (secondary N) is 1. The van der Waals surface area contributed by atoms with Gasteiger partial charge in [-0.05, 0) is 25.0 Å². The summed E-state index contributed by atoms with van der Waals surface area (Å²) >= 11 is 0. The van der Waals surface area contributed by atoms with E-state index in [9.17, 15) is 9.59 Å². The molecule has 0 bridgehead atoms. The molecule has 1 heterocycles. The minimum Gasteiger partial charge on any atom is -0.476 e. The van der Waals surface area contributed by atoms with Crippen molar-refractivity contribution >= 4 is 17.6 Å². The summed E-state index contributed by atoms with van der Waals surface area (Å²) in [5.74, 6) is -1.22. The Kier molecular flexibility index (Phi) is 3.39. The van der Waals surface area contributed by atoms with Gasteiger partial charge >= 0.3 is 5.97 Å². The minimum atomic E-state index is -1.10. The van der Waals surface area contributed by atoms with Gasteiger partial charge in [0.2, 0.25) is 5.91 Å². The summed E-state index contributed by atoms with van der Waals surface area (Å²) in [6.07, 6.45) is 1.82. The molecule has 1 amide bonds. The van der Waals surface area contributed by atoms with Crippen molar-refractivity contribution in [2.45, 2.75) is 25.3 Å². The highest BCUT2D eigenvalue weighted by Gasteiger charge is 2.34. The first-order chi connectivity index (χ1) is 10.1. The molecule has 1 aromatic heterocycles. The number of carboxylic acid groups (broad SMARTS) is 1. The first kappa shape index (κ1) is 13.3. The van der Waals surface area contributed by atoms with Gasteiger partial charge in [-0.15, -0.1) is 5.10 Å². The second-order valence-electron chi connectivity index (χ2n) is 4.97. The summed E-state index contributed by atoms with van der Waals surface area (Å²) in [5, 5.41) is 19.3. The molecule has 3 rings (SSSR count). The molecule has 1 aromatic carbocycles. The van der Waals surface area contributed by atoms with Crippen molar-refractivity contribution in [1.82, 2.24) is 15.0 Å². The molecule has 1 fully saturated rings. The summed E-state index contributed by atoms with van der Waals surface area (Å²) in [5.41, 5.74) is 1.18. The molecule has 0 atom stereocenters. The number of aromatic carboxylic acids is 1. The summed E-state index contributed by atoms with van der Waals surface area (Å²) in [6.45, 7) is -0.0407. The Bertz CT molecular complexity index is 677. The van der Waals surface area contributed by atoms with Crippen LogP contribution in [0.25, 0.3) is 0 Å². The molecule has 7 nitrogen and oxygen atoms in total. The normalized spacial score (nSPS) is 13.9. The average molecular weight is 286 g/mol. The lowest BCUT2D eigenvalue weighted by Gasteiger charge is -2.07. The SMILES string of the molecule is O=C(Cn1nnc(C(=O)O)c1C1CC1)Nc1ccccc1. The zero-order chi connectivity index (χ0) is 14.8. The van der Waals surface area contributed by atoms with Crippen LogP contribution in [0, 0.1) is 0 Å². The summed E-state index contributed by atoms with van der Waals surface area (Å²) in [7, 11) is 0. The Morgan fingerprint density at radius 3 is 2.62 bits per heavy atom. The van der Waals surface area contributed by atoms with Crippen molar-refractivity contribution in [3.05, 3.63) is 41.7 Å². The largest absolute Gasteiger partial charge is 0.476 e. The van der Waals surface area contributed by atoms with E-state index in [1.165, 1.54) is 4.68 Å². The van der Waals surface area contributed by atoms with Crippen molar-refractivity contribution < 1.29 is 14.7 Å². The lowest BCUT2D eigenvalue weighted by atomic mass is 10.2. The zero-order valence-corrected chi connectivity index (χ0v) is 11.2. The maximum Gasteiger partial charge on any atom is 0.358 e. The number of para-hydroxylation sites is 1. The number of nitrogens with zero attached hydrogens (tertiary/aromatic N) is 3. The van der Waals surface area contributed by atoms with Crippen molar-refractivity contribution in [2.24, 2.45) is 0 Å². The quantitative estimate of drug-likeness (QED) is 0.868. The summed E-state index contributed by atoms with van der Waals surface area (Å²) < 4.78 is 1.39. The smallest absolute Gasteiger partial charge is 0.358 e. The van der Waals surface area contributed by atoms with Crippen LogP contribution in [0.2, 0.25) is 0 Å². The van der Waals surface area contributed by atoms with Gasteiger partial charge in [0, 0.05) is 11.6 Å². The second-order valence-corrected chi connectivity index (χ2v) is 4.97. The highest BCUT2D eigenvalue weighted by atomic mass is 16.4. The molecule has 0 unspecified atom stereocenters. The minimum absolute atomic E-state index is 0.0407. The first-order valence-electron chi connectivity index (χ1n) is 6.66. The third kappa shape index (κ3) is 2.91. The van der Waals surface area contributed by atoms with E-state index in [1.807, 2.05) is 18.2 Å². The number of carboxylic acids is 1. The van der Waals surface area contributed by atoms with Crippen LogP contribution in [0.4, 0.5) is 5.69 Å². The van der Waals surface area contributed by atoms with Gasteiger partial charge in [0.15, 0.2) is 5.69 Å². The van der Waals surface area contributed by atoms with E-state index in [1.54, 1.807) is 12.1 Å². The highest BCUT2D eigenvalue weighted by molar-refractivity contribution is 5.91. The molecule has 7 heteroatoms. The van der Waals surface area contributed by atoms with E-state index < -0.39 is 5.97 Å². The number of carbonyl (C=O) groups excluding carboxylic acids is 1. The summed E-state index contributed by atoms with van der Waals surface area (Å²) in [4.78, 5) is 23.1. The number of amides is 1. The van der Waals surface area contributed by atoms with Crippen molar-refractivity contribution in [3.63, 3.8) is 0 Å². The number of anilines is 1. The molecule has 2 aromatic rings. The van der Waals surface area contributed by atoms with Crippen LogP contribution in [0.1, 0.15) is 34.9 Å². The number of rotatable bonds is 5. The van der Waals surface area contributed by atoms with Gasteiger partial charge < -0.3 is 10.4 Å². The average Bonchev–Trinajstić information content (AvgIpc) is 3.21. The van der Waals surface area contributed by atoms with Crippen LogP contribution >= 0.6 is 0 Å². The van der Waals surface area contributed by atoms with Crippen molar-refractivity contribution in [1.29, 1.82) is 0 Å². The van der Waals surface area contributed by atoms with E-state index in [-0.39, 0.29) is 24.1 Å². The van der Waals surface area contributed by atoms with E-state index in [2.05, 4.69) is 15.6 Å². The number of carbonyl (C=O) groups is 2. The molecular formula is C14H14N4O3. The monoisotopic (exact) mass is 286 g/mol. The number of hydrogen-bond acceptors (Lipinski definition) is 4. The van der Waals surface area contributed by atoms with Gasteiger partial charge in [0.05, 0.1) is 5.69 Å². The fraction of sp³-hybridized carbons (Fsp3) is 0.286. The Morgan fingerprint density at radius 1 is 1.29 bits per heavy atom. The molecular weight excluding hydrogens is 272 g/mol. The predicted octanol–water partition coefficient (Wildman–Crippen LogP) is 1.49. The Labute approximate surface area is 120 Å². The predicted molar refractivity (Wildman–Crippen MR) is 74.0 cm³/mol. The number of benzene rings is 1. The van der Waals surface area contributed by atoms with Gasteiger partial charge in [0.1, 0.15) is 6.54 Å². The van der Waals surface area contributed by atoms with E-state index in [0.29, 0.717) is 11.4 Å². The van der Waals surface area contributed by atoms with E-state index in [4.69, 9.17) is 5.11 Å². The summed E-state index contributed by atoms with van der Waals surface area (Å²) in [6, 6.07) is 9.07. The molecule has 1 saturated carbocycles. The molecule has 108 valence electrons. The van der Waals surface area contributed by atoms with Gasteiger partial charge in [-0.3, -0.25) is 4.79 Å². The van der Waals surface area contributed by atoms with Gasteiger partial charge in [0.25, 0.3) is 0 Å². The molecule has 1 aliphatic rings. The third-order valence-corrected chi connectivity index (χ3v) is 3.29. The van der Waals surface area contributed by atoms with Crippen LogP contribution in [0.15, 0.2) is 30.3 Å². The second kappa shape index (κ2) is 5.35. The third-order valence-electron chi connectivity index (χ3n) is 3.29. The lowest BCUT2D eigenvalue weighted by Crippen LogP contribution is -2.21. The number of hydrogen-bond donors (Lipinski definition) is 2. The standard InChI is InChI=1S/C14H14N4O3/c19-11(15-10-4-2-1-3-5-10)8-18-13(9-6-7-9)12(14(20)21)16-17-18/h1-5,9H,6-8H2,(H,15,19)(H,20,21). The van der Waals surface area contributed by atoms with E-state index in [0.717, 1.165) is 12.8 Å². The maximum atomic E-state index is 12.0. The molecule has 0 aliphatic heterocycles. The van der Waals surface area contributed by atoms with Gasteiger partial charge in [-0.1, -0.05) is 23.4 Å². The van der Waals surface area contributed by atoms with Crippen LogP contribution in [0.3, 0.4) is 0 Å². The Balaban J connectivity index is 1.76. The molecule has 2 N–H and O–H groups in total. The van der Waals surface area contributed by atoms with Gasteiger partial charge in [-0.2, -0.15) is 0 Å². The van der Waals surface area contributed by atoms with Crippen LogP contribution in [-0.2, 0) is 11.3 Å². The zero-order valence-electron chi connectivity index (χ0n) is 11.2. The maximum absolute atomic E-state index is 12.0. The molecule has 0 spiro atoms. The molecule has 0 radical (unpaired) electrons. The highest BCUT2D eigenvalue weighted by Crippen LogP contribution is 2.41. The van der Waals surface area contributed by atoms with Crippen molar-refractivity contribution in [3.8, 4) is 0 Å². The topological polar surface area (TPSA) is 97.1 Å². The molecule has 1 aliphatic carbocycles. The Hall–Kier alpha value is -2.70. The van der Waals surface area contributed by atoms with Crippen LogP contribution in [-0.4, -0.2) is 32.0 Å². The molecule has 21 heavy (non-hydrogen) atoms. The van der Waals surface area contributed by atoms with Crippen LogP contribution in [0.5, 0.6) is 0 Å². The fourth-order valence-electron chi connectivity index (χ4n) is 2.21. The number of aromatic nitrogens is 3. The van der Waals surface area contributed by atoms with E-state index >= 15 is 0 Å². The molecule has 0 saturated heterocycles. The first-order valence-corrected chi connectivity index (χ1v) is 6.66. The fourth-order valence-corrected chi connectivity index (χ4v) is 2.21.